The van der Waals surface area contributed by atoms with Gasteiger partial charge in [-0.15, -0.1) is 0 Å². The third-order valence-corrected chi connectivity index (χ3v) is 5.61. The summed E-state index contributed by atoms with van der Waals surface area (Å²) < 4.78 is 0. The maximum absolute atomic E-state index is 5.58. The molecule has 4 heteroatoms. The normalized spacial score (nSPS) is 41.5. The van der Waals surface area contributed by atoms with Crippen LogP contribution < -0.4 is 5.73 Å². The molecule has 4 aliphatic carbocycles. The van der Waals surface area contributed by atoms with Crippen LogP contribution in [0.5, 0.6) is 0 Å². The molecule has 4 aliphatic rings. The quantitative estimate of drug-likeness (QED) is 0.855. The SMILES string of the molecule is NCc1nc(CC2C3CC4CC(C3)CC2C4)n[nH]1. The predicted octanol–water partition coefficient (Wildman–Crippen LogP) is 1.88. The number of aromatic nitrogens is 3. The van der Waals surface area contributed by atoms with Crippen molar-refractivity contribution in [1.82, 2.24) is 15.2 Å². The highest BCUT2D eigenvalue weighted by atomic mass is 15.2. The van der Waals surface area contributed by atoms with E-state index in [0.29, 0.717) is 6.54 Å². The molecule has 98 valence electrons. The Bertz CT molecular complexity index is 411. The first-order chi connectivity index (χ1) is 8.81. The lowest BCUT2D eigenvalue weighted by Gasteiger charge is -2.54. The van der Waals surface area contributed by atoms with Gasteiger partial charge in [-0.2, -0.15) is 5.10 Å². The van der Waals surface area contributed by atoms with Gasteiger partial charge in [0.2, 0.25) is 0 Å². The van der Waals surface area contributed by atoms with E-state index in [1.165, 1.54) is 32.1 Å². The molecule has 3 N–H and O–H groups in total. The molecule has 0 aromatic carbocycles. The first-order valence-electron chi connectivity index (χ1n) is 7.42. The molecule has 5 rings (SSSR count). The Kier molecular flexibility index (Phi) is 2.47. The Hall–Kier alpha value is -0.900. The van der Waals surface area contributed by atoms with Gasteiger partial charge in [0.05, 0.1) is 6.54 Å². The average molecular weight is 246 g/mol. The second kappa shape index (κ2) is 4.05. The number of hydrogen-bond donors (Lipinski definition) is 2. The number of nitrogens with two attached hydrogens (primary N) is 1. The van der Waals surface area contributed by atoms with Gasteiger partial charge >= 0.3 is 0 Å². The van der Waals surface area contributed by atoms with E-state index in [2.05, 4.69) is 15.2 Å². The van der Waals surface area contributed by atoms with Crippen molar-refractivity contribution in [2.75, 3.05) is 0 Å². The second-order valence-corrected chi connectivity index (χ2v) is 6.70. The van der Waals surface area contributed by atoms with Crippen molar-refractivity contribution in [2.24, 2.45) is 35.3 Å². The van der Waals surface area contributed by atoms with Crippen molar-refractivity contribution < 1.29 is 0 Å². The van der Waals surface area contributed by atoms with Crippen molar-refractivity contribution in [3.05, 3.63) is 11.6 Å². The van der Waals surface area contributed by atoms with E-state index >= 15 is 0 Å². The van der Waals surface area contributed by atoms with Gasteiger partial charge in [0.15, 0.2) is 5.82 Å². The van der Waals surface area contributed by atoms with Crippen LogP contribution in [0.25, 0.3) is 0 Å². The number of nitrogens with zero attached hydrogens (tertiary/aromatic N) is 2. The highest BCUT2D eigenvalue weighted by molar-refractivity contribution is 5.02. The summed E-state index contributed by atoms with van der Waals surface area (Å²) in [6.45, 7) is 0.467. The first kappa shape index (κ1) is 11.0. The Labute approximate surface area is 108 Å². The average Bonchev–Trinajstić information content (AvgIpc) is 2.80. The van der Waals surface area contributed by atoms with Crippen LogP contribution in [-0.4, -0.2) is 15.2 Å². The fourth-order valence-electron chi connectivity index (χ4n) is 5.10. The smallest absolute Gasteiger partial charge is 0.151 e. The summed E-state index contributed by atoms with van der Waals surface area (Å²) in [5.74, 6) is 6.69. The Morgan fingerprint density at radius 3 is 2.28 bits per heavy atom. The van der Waals surface area contributed by atoms with Gasteiger partial charge in [-0.05, 0) is 61.7 Å². The molecular formula is C14H22N4. The molecule has 4 bridgehead atoms. The molecule has 4 fully saturated rings. The number of nitrogens with one attached hydrogen (secondary N) is 1. The topological polar surface area (TPSA) is 67.6 Å². The van der Waals surface area contributed by atoms with E-state index < -0.39 is 0 Å². The molecule has 1 heterocycles. The van der Waals surface area contributed by atoms with Crippen LogP contribution >= 0.6 is 0 Å². The van der Waals surface area contributed by atoms with Crippen LogP contribution in [0.4, 0.5) is 0 Å². The molecule has 1 aromatic rings. The minimum absolute atomic E-state index is 0.467. The fourth-order valence-corrected chi connectivity index (χ4v) is 5.10. The third kappa shape index (κ3) is 1.69. The Morgan fingerprint density at radius 2 is 1.72 bits per heavy atom. The second-order valence-electron chi connectivity index (χ2n) is 6.70. The van der Waals surface area contributed by atoms with E-state index in [1.54, 1.807) is 0 Å². The highest BCUT2D eigenvalue weighted by Crippen LogP contribution is 2.57. The van der Waals surface area contributed by atoms with Crippen molar-refractivity contribution >= 4 is 0 Å². The van der Waals surface area contributed by atoms with E-state index in [9.17, 15) is 0 Å². The van der Waals surface area contributed by atoms with Crippen molar-refractivity contribution in [3.63, 3.8) is 0 Å². The molecule has 0 radical (unpaired) electrons. The Morgan fingerprint density at radius 1 is 1.06 bits per heavy atom. The molecule has 0 atom stereocenters. The molecule has 0 unspecified atom stereocenters. The van der Waals surface area contributed by atoms with Crippen LogP contribution in [0.3, 0.4) is 0 Å². The number of rotatable bonds is 3. The summed E-state index contributed by atoms with van der Waals surface area (Å²) >= 11 is 0. The van der Waals surface area contributed by atoms with Gasteiger partial charge in [-0.1, -0.05) is 0 Å². The Balaban J connectivity index is 1.51. The number of H-pyrrole nitrogens is 1. The lowest BCUT2D eigenvalue weighted by molar-refractivity contribution is -0.0367. The van der Waals surface area contributed by atoms with Gasteiger partial charge in [-0.25, -0.2) is 4.98 Å². The van der Waals surface area contributed by atoms with Crippen LogP contribution in [0.15, 0.2) is 0 Å². The summed E-state index contributed by atoms with van der Waals surface area (Å²) in [5, 5.41) is 7.26. The predicted molar refractivity (Wildman–Crippen MR) is 68.5 cm³/mol. The third-order valence-electron chi connectivity index (χ3n) is 5.61. The molecule has 0 amide bonds. The summed E-state index contributed by atoms with van der Waals surface area (Å²) in [6, 6.07) is 0. The van der Waals surface area contributed by atoms with Gasteiger partial charge in [-0.3, -0.25) is 5.10 Å². The number of hydrogen-bond acceptors (Lipinski definition) is 3. The molecule has 18 heavy (non-hydrogen) atoms. The molecular weight excluding hydrogens is 224 g/mol. The molecule has 0 aliphatic heterocycles. The zero-order valence-electron chi connectivity index (χ0n) is 10.8. The summed E-state index contributed by atoms with van der Waals surface area (Å²) in [6.07, 6.45) is 8.51. The van der Waals surface area contributed by atoms with Crippen molar-refractivity contribution in [3.8, 4) is 0 Å². The zero-order chi connectivity index (χ0) is 12.1. The standard InChI is InChI=1S/C14H22N4/c15-7-14-16-13(17-18-14)6-12-10-2-8-1-9(4-10)5-11(12)3-8/h8-12H,1-7,15H2,(H,16,17,18). The van der Waals surface area contributed by atoms with Crippen LogP contribution in [0.1, 0.15) is 43.8 Å². The maximum Gasteiger partial charge on any atom is 0.151 e. The summed E-state index contributed by atoms with van der Waals surface area (Å²) in [5.41, 5.74) is 5.58. The lowest BCUT2D eigenvalue weighted by Crippen LogP contribution is -2.45. The van der Waals surface area contributed by atoms with E-state index in [4.69, 9.17) is 5.73 Å². The van der Waals surface area contributed by atoms with Gasteiger partial charge in [0.1, 0.15) is 5.82 Å². The summed E-state index contributed by atoms with van der Waals surface area (Å²) in [7, 11) is 0. The van der Waals surface area contributed by atoms with Crippen molar-refractivity contribution in [1.29, 1.82) is 0 Å². The monoisotopic (exact) mass is 246 g/mol. The van der Waals surface area contributed by atoms with E-state index in [-0.39, 0.29) is 0 Å². The van der Waals surface area contributed by atoms with Crippen LogP contribution in [0.2, 0.25) is 0 Å². The molecule has 1 aromatic heterocycles. The fraction of sp³-hybridized carbons (Fsp3) is 0.857. The van der Waals surface area contributed by atoms with Crippen molar-refractivity contribution in [2.45, 2.75) is 45.1 Å². The molecule has 4 nitrogen and oxygen atoms in total. The first-order valence-corrected chi connectivity index (χ1v) is 7.42. The molecule has 0 spiro atoms. The van der Waals surface area contributed by atoms with Crippen LogP contribution in [0, 0.1) is 29.6 Å². The zero-order valence-corrected chi connectivity index (χ0v) is 10.8. The van der Waals surface area contributed by atoms with Gasteiger partial charge in [0, 0.05) is 6.42 Å². The van der Waals surface area contributed by atoms with Gasteiger partial charge in [0.25, 0.3) is 0 Å². The molecule has 0 saturated heterocycles. The molecule has 4 saturated carbocycles. The van der Waals surface area contributed by atoms with E-state index in [0.717, 1.165) is 47.7 Å². The maximum atomic E-state index is 5.58. The number of aromatic amines is 1. The van der Waals surface area contributed by atoms with Crippen LogP contribution in [-0.2, 0) is 13.0 Å². The minimum atomic E-state index is 0.467. The largest absolute Gasteiger partial charge is 0.324 e. The summed E-state index contributed by atoms with van der Waals surface area (Å²) in [4.78, 5) is 4.49. The van der Waals surface area contributed by atoms with Gasteiger partial charge < -0.3 is 5.73 Å². The lowest BCUT2D eigenvalue weighted by atomic mass is 9.51. The minimum Gasteiger partial charge on any atom is -0.324 e. The van der Waals surface area contributed by atoms with E-state index in [1.807, 2.05) is 0 Å². The highest BCUT2D eigenvalue weighted by Gasteiger charge is 2.48.